The molecule has 2 aromatic heterocycles. The van der Waals surface area contributed by atoms with E-state index in [-0.39, 0.29) is 5.56 Å². The first-order valence-corrected chi connectivity index (χ1v) is 25.2. The first kappa shape index (κ1) is 49.6. The Hall–Kier alpha value is -13.3. The van der Waals surface area contributed by atoms with Crippen molar-refractivity contribution in [2.45, 2.75) is 0 Å². The Morgan fingerprint density at radius 1 is 0.232 bits per heavy atom. The van der Waals surface area contributed by atoms with Crippen LogP contribution < -0.4 is 0 Å². The average molecular weight is 1040 g/mol. The smallest absolute Gasteiger partial charge is 0.104 e. The second-order valence-corrected chi connectivity index (χ2v) is 19.3. The summed E-state index contributed by atoms with van der Waals surface area (Å²) in [6.45, 7) is 0. The highest BCUT2D eigenvalue weighted by atomic mass is 15.0. The topological polar surface area (TPSA) is 248 Å². The van der Waals surface area contributed by atoms with E-state index in [1.54, 1.807) is 66.7 Å². The second kappa shape index (κ2) is 20.0. The molecule has 0 amide bonds. The quantitative estimate of drug-likeness (QED) is 0.146. The third-order valence-corrected chi connectivity index (χ3v) is 14.7. The molecule has 0 unspecified atom stereocenters. The zero-order chi connectivity index (χ0) is 56.8. The van der Waals surface area contributed by atoms with E-state index < -0.39 is 0 Å². The number of benzene rings is 10. The van der Waals surface area contributed by atoms with Crippen molar-refractivity contribution >= 4 is 43.6 Å². The van der Waals surface area contributed by atoms with E-state index in [2.05, 4.69) is 60.7 Å². The lowest BCUT2D eigenvalue weighted by Gasteiger charge is -2.20. The van der Waals surface area contributed by atoms with Gasteiger partial charge in [0.1, 0.15) is 11.6 Å². The summed E-state index contributed by atoms with van der Waals surface area (Å²) in [4.78, 5) is 0. The lowest BCUT2D eigenvalue weighted by atomic mass is 9.96. The van der Waals surface area contributed by atoms with Crippen LogP contribution in [-0.2, 0) is 0 Å². The van der Waals surface area contributed by atoms with E-state index in [4.69, 9.17) is 0 Å². The fourth-order valence-electron chi connectivity index (χ4n) is 11.1. The zero-order valence-corrected chi connectivity index (χ0v) is 42.7. The van der Waals surface area contributed by atoms with Crippen LogP contribution in [0.5, 0.6) is 0 Å². The van der Waals surface area contributed by atoms with E-state index in [0.717, 1.165) is 21.5 Å². The van der Waals surface area contributed by atoms with E-state index in [1.807, 2.05) is 100 Å². The summed E-state index contributed by atoms with van der Waals surface area (Å²) in [5.74, 6) is 0. The normalized spacial score (nSPS) is 10.6. The Kier molecular flexibility index (Phi) is 12.1. The highest BCUT2D eigenvalue weighted by Crippen LogP contribution is 2.45. The Balaban J connectivity index is 1.19. The fourth-order valence-corrected chi connectivity index (χ4v) is 11.1. The molecule has 0 spiro atoms. The molecule has 0 bridgehead atoms. The number of aromatic nitrogens is 2. The summed E-state index contributed by atoms with van der Waals surface area (Å²) < 4.78 is 4.05. The van der Waals surface area contributed by atoms with Gasteiger partial charge in [-0.15, -0.1) is 0 Å². The number of hydrogen-bond donors (Lipinski definition) is 0. The van der Waals surface area contributed by atoms with Crippen molar-refractivity contribution in [2.24, 2.45) is 0 Å². The third-order valence-electron chi connectivity index (χ3n) is 14.7. The molecule has 12 rings (SSSR count). The van der Waals surface area contributed by atoms with Crippen LogP contribution in [0.2, 0.25) is 0 Å². The van der Waals surface area contributed by atoms with E-state index in [9.17, 15) is 52.6 Å². The summed E-state index contributed by atoms with van der Waals surface area (Å²) in [6, 6.07) is 76.4. The van der Waals surface area contributed by atoms with Crippen molar-refractivity contribution in [1.29, 1.82) is 52.6 Å². The molecule has 10 aromatic carbocycles. The van der Waals surface area contributed by atoms with Crippen molar-refractivity contribution < 1.29 is 0 Å². The minimum Gasteiger partial charge on any atom is -0.308 e. The summed E-state index contributed by atoms with van der Waals surface area (Å²) >= 11 is 0. The monoisotopic (exact) mass is 1040 g/mol. The van der Waals surface area contributed by atoms with Crippen LogP contribution in [0.3, 0.4) is 0 Å². The SMILES string of the molecule is N#Cc1cc(C#N)cc(-c2ccc3c(c2)c2cc(-c4cc(C#N)cc(C#N)c4)ccc2n3-c2ccc(-c3cccc(C#N)c3)c(-n3c4ccc(-c5cc(C#N)cc(C#N)c5)cc4c4cc(-c5cc(C#N)cc(C#N)c5)ccc43)c2C#N)c1. The van der Waals surface area contributed by atoms with Crippen molar-refractivity contribution in [1.82, 2.24) is 9.13 Å². The van der Waals surface area contributed by atoms with Crippen molar-refractivity contribution in [3.63, 3.8) is 0 Å². The summed E-state index contributed by atoms with van der Waals surface area (Å²) in [6.07, 6.45) is 0. The molecule has 0 fully saturated rings. The number of nitrogens with zero attached hydrogens (tertiary/aromatic N) is 12. The number of rotatable bonds is 7. The molecule has 0 saturated carbocycles. The molecule has 0 saturated heterocycles. The lowest BCUT2D eigenvalue weighted by molar-refractivity contribution is 1.12. The number of fused-ring (bicyclic) bond motifs is 6. The first-order chi connectivity index (χ1) is 40.1. The average Bonchev–Trinajstić information content (AvgIpc) is 2.53. The third kappa shape index (κ3) is 8.35. The van der Waals surface area contributed by atoms with Crippen LogP contribution in [-0.4, -0.2) is 9.13 Å². The molecule has 2 heterocycles. The van der Waals surface area contributed by atoms with Gasteiger partial charge in [0.15, 0.2) is 0 Å². The molecule has 0 radical (unpaired) electrons. The predicted octanol–water partition coefficient (Wildman–Crippen LogP) is 14.9. The standard InChI is InChI=1S/C70H30N12/c71-31-41-2-1-3-54(18-41)59-8-13-69(81-65-9-4-50(55-19-42(32-72)14-43(20-55)33-73)27-60(65)61-28-51(5-10-66(61)81)56-21-44(34-74)15-45(22-56)35-75)64(40-80)70(59)82-67-11-6-52(57-23-46(36-76)16-47(24-57)37-77)29-62(67)63-30-53(7-12-68(63)82)58-25-48(38-78)17-49(26-58)39-79/h1-30H. The maximum Gasteiger partial charge on any atom is 0.104 e. The molecule has 82 heavy (non-hydrogen) atoms. The Labute approximate surface area is 468 Å². The van der Waals surface area contributed by atoms with E-state index >= 15 is 0 Å². The van der Waals surface area contributed by atoms with Crippen molar-refractivity contribution in [2.75, 3.05) is 0 Å². The molecule has 0 aliphatic rings. The van der Waals surface area contributed by atoms with Crippen molar-refractivity contribution in [3.8, 4) is 128 Å². The zero-order valence-electron chi connectivity index (χ0n) is 42.7. The van der Waals surface area contributed by atoms with Gasteiger partial charge >= 0.3 is 0 Å². The Bertz CT molecular complexity index is 4910. The van der Waals surface area contributed by atoms with Crippen LogP contribution in [0.25, 0.3) is 111 Å². The highest BCUT2D eigenvalue weighted by molar-refractivity contribution is 6.14. The highest BCUT2D eigenvalue weighted by Gasteiger charge is 2.26. The fraction of sp³-hybridized carbons (Fsp3) is 0. The van der Waals surface area contributed by atoms with Crippen molar-refractivity contribution in [3.05, 3.63) is 238 Å². The van der Waals surface area contributed by atoms with Crippen LogP contribution in [0, 0.1) is 113 Å². The molecule has 0 aliphatic carbocycles. The molecule has 370 valence electrons. The van der Waals surface area contributed by atoms with Gasteiger partial charge in [-0.2, -0.15) is 52.6 Å². The van der Waals surface area contributed by atoms with Crippen LogP contribution in [0.4, 0.5) is 0 Å². The van der Waals surface area contributed by atoms with Crippen LogP contribution in [0.1, 0.15) is 55.6 Å². The van der Waals surface area contributed by atoms with E-state index in [0.29, 0.717) is 139 Å². The van der Waals surface area contributed by atoms with Gasteiger partial charge in [-0.25, -0.2) is 0 Å². The second-order valence-electron chi connectivity index (χ2n) is 19.3. The molecule has 0 atom stereocenters. The molecule has 0 N–H and O–H groups in total. The first-order valence-electron chi connectivity index (χ1n) is 25.2. The summed E-state index contributed by atoms with van der Waals surface area (Å²) in [7, 11) is 0. The molecule has 12 aromatic rings. The van der Waals surface area contributed by atoms with Gasteiger partial charge in [0.05, 0.1) is 138 Å². The number of nitriles is 10. The largest absolute Gasteiger partial charge is 0.308 e. The number of hydrogen-bond acceptors (Lipinski definition) is 10. The lowest BCUT2D eigenvalue weighted by Crippen LogP contribution is -2.06. The van der Waals surface area contributed by atoms with Gasteiger partial charge in [0.2, 0.25) is 0 Å². The molecular weight excluding hydrogens is 1010 g/mol. The molecule has 0 aliphatic heterocycles. The van der Waals surface area contributed by atoms with Crippen LogP contribution in [0.15, 0.2) is 182 Å². The molecule has 12 heteroatoms. The Morgan fingerprint density at radius 2 is 0.537 bits per heavy atom. The minimum absolute atomic E-state index is 0.250. The van der Waals surface area contributed by atoms with Gasteiger partial charge in [-0.3, -0.25) is 0 Å². The van der Waals surface area contributed by atoms with E-state index in [1.165, 1.54) is 24.3 Å². The van der Waals surface area contributed by atoms with Gasteiger partial charge in [-0.05, 0) is 190 Å². The van der Waals surface area contributed by atoms with Crippen LogP contribution >= 0.6 is 0 Å². The maximum atomic E-state index is 12.0. The molecule has 12 nitrogen and oxygen atoms in total. The summed E-state index contributed by atoms with van der Waals surface area (Å²) in [5.41, 5.74) is 13.5. The summed E-state index contributed by atoms with van der Waals surface area (Å²) in [5, 5.41) is 105. The van der Waals surface area contributed by atoms with Gasteiger partial charge in [-0.1, -0.05) is 42.5 Å². The van der Waals surface area contributed by atoms with Gasteiger partial charge in [0, 0.05) is 27.1 Å². The van der Waals surface area contributed by atoms with Gasteiger partial charge in [0.25, 0.3) is 0 Å². The maximum absolute atomic E-state index is 12.0. The Morgan fingerprint density at radius 3 is 0.841 bits per heavy atom. The minimum atomic E-state index is 0.250. The molecular formula is C70H30N12. The van der Waals surface area contributed by atoms with Gasteiger partial charge < -0.3 is 9.13 Å². The predicted molar refractivity (Wildman–Crippen MR) is 309 cm³/mol.